The maximum Gasteiger partial charge on any atom is 0.269 e. The van der Waals surface area contributed by atoms with Crippen LogP contribution in [0.3, 0.4) is 0 Å². The molecule has 6 nitrogen and oxygen atoms in total. The highest BCUT2D eigenvalue weighted by Gasteiger charge is 2.41. The Kier molecular flexibility index (Phi) is 7.21. The van der Waals surface area contributed by atoms with Crippen LogP contribution in [0.4, 0.5) is 5.69 Å². The van der Waals surface area contributed by atoms with E-state index in [0.717, 1.165) is 41.1 Å². The minimum absolute atomic E-state index is 0. The third kappa shape index (κ3) is 4.49. The van der Waals surface area contributed by atoms with E-state index in [-0.39, 0.29) is 33.6 Å². The van der Waals surface area contributed by atoms with Crippen LogP contribution in [-0.2, 0) is 13.0 Å². The van der Waals surface area contributed by atoms with E-state index in [1.54, 1.807) is 26.4 Å². The number of nitro groups is 1. The molecule has 3 aromatic rings. The summed E-state index contributed by atoms with van der Waals surface area (Å²) in [6.07, 6.45) is 0.919. The number of quaternary nitrogens is 1. The van der Waals surface area contributed by atoms with Gasteiger partial charge in [0.05, 0.1) is 32.7 Å². The number of benzene rings is 3. The number of nitrogens with zero attached hydrogens (tertiary/aromatic N) is 2. The van der Waals surface area contributed by atoms with Crippen LogP contribution in [0.1, 0.15) is 28.3 Å². The second kappa shape index (κ2) is 9.71. The molecule has 0 saturated carbocycles. The highest BCUT2D eigenvalue weighted by atomic mass is 79.9. The van der Waals surface area contributed by atoms with Crippen molar-refractivity contribution in [1.29, 1.82) is 0 Å². The number of hydrogen-bond acceptors (Lipinski definition) is 4. The summed E-state index contributed by atoms with van der Waals surface area (Å²) in [7, 11) is 5.59. The highest BCUT2D eigenvalue weighted by molar-refractivity contribution is 5.51. The van der Waals surface area contributed by atoms with Crippen molar-refractivity contribution >= 4 is 5.69 Å². The molecule has 32 heavy (non-hydrogen) atoms. The molecule has 7 heteroatoms. The van der Waals surface area contributed by atoms with Gasteiger partial charge >= 0.3 is 0 Å². The Balaban J connectivity index is 0.00000289. The van der Waals surface area contributed by atoms with Gasteiger partial charge in [-0.25, -0.2) is 0 Å². The Bertz CT molecular complexity index is 1090. The van der Waals surface area contributed by atoms with Gasteiger partial charge in [0.1, 0.15) is 12.6 Å². The van der Waals surface area contributed by atoms with Crippen LogP contribution in [0.15, 0.2) is 66.7 Å². The van der Waals surface area contributed by atoms with E-state index < -0.39 is 0 Å². The number of halogens is 1. The zero-order valence-corrected chi connectivity index (χ0v) is 20.0. The quantitative estimate of drug-likeness (QED) is 0.296. The van der Waals surface area contributed by atoms with Gasteiger partial charge in [-0.2, -0.15) is 0 Å². The summed E-state index contributed by atoms with van der Waals surface area (Å²) in [5.41, 5.74) is 4.94. The predicted molar refractivity (Wildman–Crippen MR) is 119 cm³/mol. The van der Waals surface area contributed by atoms with E-state index in [9.17, 15) is 10.1 Å². The number of likely N-dealkylation sites (N-methyl/N-ethyl adjacent to an activating group) is 1. The van der Waals surface area contributed by atoms with E-state index in [4.69, 9.17) is 9.47 Å². The first-order valence-corrected chi connectivity index (χ1v) is 10.3. The van der Waals surface area contributed by atoms with E-state index >= 15 is 0 Å². The fourth-order valence-electron chi connectivity index (χ4n) is 4.73. The van der Waals surface area contributed by atoms with Crippen molar-refractivity contribution in [3.05, 3.63) is 99.1 Å². The molecular weight excluding hydrogens is 472 g/mol. The molecule has 0 amide bonds. The fourth-order valence-corrected chi connectivity index (χ4v) is 4.73. The Labute approximate surface area is 198 Å². The van der Waals surface area contributed by atoms with Crippen molar-refractivity contribution in [3.63, 3.8) is 0 Å². The lowest BCUT2D eigenvalue weighted by Crippen LogP contribution is -3.00. The highest BCUT2D eigenvalue weighted by Crippen LogP contribution is 2.44. The molecule has 1 heterocycles. The summed E-state index contributed by atoms with van der Waals surface area (Å²) in [5, 5.41) is 11.0. The molecular formula is C25H27BrN2O4. The molecule has 1 aliphatic rings. The van der Waals surface area contributed by atoms with Crippen molar-refractivity contribution in [2.75, 3.05) is 27.8 Å². The lowest BCUT2D eigenvalue weighted by atomic mass is 9.85. The van der Waals surface area contributed by atoms with Crippen LogP contribution in [0.2, 0.25) is 0 Å². The fraction of sp³-hybridized carbons (Fsp3) is 0.280. The van der Waals surface area contributed by atoms with Crippen LogP contribution in [-0.4, -0.2) is 37.2 Å². The molecule has 0 saturated heterocycles. The minimum atomic E-state index is -0.357. The monoisotopic (exact) mass is 498 g/mol. The van der Waals surface area contributed by atoms with Gasteiger partial charge in [0.25, 0.3) is 5.69 Å². The van der Waals surface area contributed by atoms with Gasteiger partial charge in [-0.3, -0.25) is 10.1 Å². The number of nitro benzene ring substituents is 1. The maximum absolute atomic E-state index is 11.0. The molecule has 0 bridgehead atoms. The summed E-state index contributed by atoms with van der Waals surface area (Å²) < 4.78 is 11.9. The van der Waals surface area contributed by atoms with E-state index in [2.05, 4.69) is 43.4 Å². The molecule has 0 N–H and O–H groups in total. The molecule has 0 aliphatic carbocycles. The Morgan fingerprint density at radius 2 is 1.62 bits per heavy atom. The Hall–Kier alpha value is -2.90. The summed E-state index contributed by atoms with van der Waals surface area (Å²) in [5.74, 6) is 1.48. The van der Waals surface area contributed by atoms with Crippen molar-refractivity contribution < 1.29 is 35.9 Å². The maximum atomic E-state index is 11.0. The molecule has 1 aliphatic heterocycles. The number of non-ortho nitro benzene ring substituents is 1. The molecule has 0 aromatic heterocycles. The SMILES string of the molecule is COc1cc2c(cc1OC)[C@@H](c1ccccc1)[N@+](C)(Cc1ccc([N+](=O)[O-])cc1)CC2.[Br-]. The van der Waals surface area contributed by atoms with Crippen LogP contribution >= 0.6 is 0 Å². The number of ether oxygens (including phenoxy) is 2. The van der Waals surface area contributed by atoms with Gasteiger partial charge in [0, 0.05) is 35.2 Å². The third-order valence-electron chi connectivity index (χ3n) is 6.26. The van der Waals surface area contributed by atoms with Crippen LogP contribution < -0.4 is 26.5 Å². The molecule has 0 radical (unpaired) electrons. The van der Waals surface area contributed by atoms with Crippen molar-refractivity contribution in [3.8, 4) is 11.5 Å². The van der Waals surface area contributed by atoms with E-state index in [0.29, 0.717) is 0 Å². The smallest absolute Gasteiger partial charge is 0.269 e. The van der Waals surface area contributed by atoms with Gasteiger partial charge in [0.2, 0.25) is 0 Å². The third-order valence-corrected chi connectivity index (χ3v) is 6.26. The molecule has 0 fully saturated rings. The number of hydrogen-bond donors (Lipinski definition) is 0. The Morgan fingerprint density at radius 3 is 2.22 bits per heavy atom. The zero-order chi connectivity index (χ0) is 22.0. The normalized spacial score (nSPS) is 19.4. The van der Waals surface area contributed by atoms with Gasteiger partial charge in [0.15, 0.2) is 11.5 Å². The number of rotatable bonds is 6. The average Bonchev–Trinajstić information content (AvgIpc) is 2.79. The van der Waals surface area contributed by atoms with Gasteiger partial charge in [-0.05, 0) is 29.8 Å². The Morgan fingerprint density at radius 1 is 1.00 bits per heavy atom. The first-order valence-electron chi connectivity index (χ1n) is 10.3. The van der Waals surface area contributed by atoms with Crippen LogP contribution in [0.5, 0.6) is 11.5 Å². The molecule has 3 aromatic carbocycles. The largest absolute Gasteiger partial charge is 1.00 e. The first-order chi connectivity index (χ1) is 14.9. The molecule has 4 rings (SSSR count). The molecule has 168 valence electrons. The second-order valence-corrected chi connectivity index (χ2v) is 8.25. The summed E-state index contributed by atoms with van der Waals surface area (Å²) in [6.45, 7) is 1.71. The van der Waals surface area contributed by atoms with Gasteiger partial charge in [-0.1, -0.05) is 30.3 Å². The van der Waals surface area contributed by atoms with Crippen molar-refractivity contribution in [2.24, 2.45) is 0 Å². The van der Waals surface area contributed by atoms with Crippen molar-refractivity contribution in [1.82, 2.24) is 0 Å². The predicted octanol–water partition coefficient (Wildman–Crippen LogP) is 1.91. The lowest BCUT2D eigenvalue weighted by Gasteiger charge is -2.46. The van der Waals surface area contributed by atoms with Crippen LogP contribution in [0.25, 0.3) is 0 Å². The molecule has 0 unspecified atom stereocenters. The first kappa shape index (κ1) is 23.8. The minimum Gasteiger partial charge on any atom is -1.00 e. The topological polar surface area (TPSA) is 61.6 Å². The van der Waals surface area contributed by atoms with E-state index in [1.165, 1.54) is 16.7 Å². The summed E-state index contributed by atoms with van der Waals surface area (Å²) >= 11 is 0. The van der Waals surface area contributed by atoms with Gasteiger partial charge in [-0.15, -0.1) is 0 Å². The summed E-state index contributed by atoms with van der Waals surface area (Å²) in [6, 6.07) is 21.7. The number of fused-ring (bicyclic) bond motifs is 1. The standard InChI is InChI=1S/C25H27N2O4.BrH/c1-27(17-18-9-11-21(12-10-18)26(28)29)14-13-20-15-23(30-2)24(31-3)16-22(20)25(27)19-7-5-4-6-8-19;/h4-12,15-16,25H,13-14,17H2,1-3H3;1H/q+1;/p-1/t25-,27+;/m1./s1. The van der Waals surface area contributed by atoms with E-state index in [1.807, 2.05) is 18.2 Å². The second-order valence-electron chi connectivity index (χ2n) is 8.25. The lowest BCUT2D eigenvalue weighted by molar-refractivity contribution is -0.948. The number of methoxy groups -OCH3 is 2. The summed E-state index contributed by atoms with van der Waals surface area (Å²) in [4.78, 5) is 10.7. The van der Waals surface area contributed by atoms with Crippen molar-refractivity contribution in [2.45, 2.75) is 19.0 Å². The van der Waals surface area contributed by atoms with Crippen LogP contribution in [0, 0.1) is 10.1 Å². The molecule has 0 spiro atoms. The van der Waals surface area contributed by atoms with Gasteiger partial charge < -0.3 is 30.9 Å². The zero-order valence-electron chi connectivity index (χ0n) is 18.5. The average molecular weight is 499 g/mol. The molecule has 2 atom stereocenters.